The highest BCUT2D eigenvalue weighted by atomic mass is 32.2. The van der Waals surface area contributed by atoms with Gasteiger partial charge in [-0.1, -0.05) is 6.92 Å². The molecule has 0 aliphatic carbocycles. The monoisotopic (exact) mass is 244 g/mol. The number of hydrogen-bond acceptors (Lipinski definition) is 4. The summed E-state index contributed by atoms with van der Waals surface area (Å²) in [5.74, 6) is 0.340. The predicted molar refractivity (Wildman–Crippen MR) is 59.9 cm³/mol. The molecule has 16 heavy (non-hydrogen) atoms. The van der Waals surface area contributed by atoms with Crippen LogP contribution in [0.2, 0.25) is 0 Å². The van der Waals surface area contributed by atoms with Crippen LogP contribution in [0.4, 0.5) is 4.39 Å². The van der Waals surface area contributed by atoms with Gasteiger partial charge in [0.25, 0.3) is 0 Å². The van der Waals surface area contributed by atoms with Gasteiger partial charge in [-0.2, -0.15) is 4.98 Å². The predicted octanol–water partition coefficient (Wildman–Crippen LogP) is 1.69. The Morgan fingerprint density at radius 1 is 1.75 bits per heavy atom. The summed E-state index contributed by atoms with van der Waals surface area (Å²) in [6, 6.07) is 0. The van der Waals surface area contributed by atoms with Gasteiger partial charge in [0.1, 0.15) is 0 Å². The van der Waals surface area contributed by atoms with Crippen molar-refractivity contribution < 1.29 is 9.13 Å². The normalized spacial score (nSPS) is 24.9. The minimum atomic E-state index is -0.483. The van der Waals surface area contributed by atoms with E-state index < -0.39 is 17.1 Å². The lowest BCUT2D eigenvalue weighted by Gasteiger charge is -2.13. The first-order chi connectivity index (χ1) is 7.61. The second-order valence-electron chi connectivity index (χ2n) is 3.67. The zero-order valence-corrected chi connectivity index (χ0v) is 9.96. The third kappa shape index (κ3) is 2.12. The van der Waals surface area contributed by atoms with E-state index >= 15 is 0 Å². The van der Waals surface area contributed by atoms with E-state index in [9.17, 15) is 9.18 Å². The molecule has 0 bridgehead atoms. The molecule has 4 nitrogen and oxygen atoms in total. The molecule has 2 heterocycles. The van der Waals surface area contributed by atoms with Gasteiger partial charge < -0.3 is 4.74 Å². The van der Waals surface area contributed by atoms with Crippen LogP contribution in [0.3, 0.4) is 0 Å². The number of rotatable bonds is 2. The molecule has 88 valence electrons. The van der Waals surface area contributed by atoms with Gasteiger partial charge >= 0.3 is 5.69 Å². The van der Waals surface area contributed by atoms with Crippen LogP contribution in [0.15, 0.2) is 11.0 Å². The van der Waals surface area contributed by atoms with Crippen LogP contribution >= 0.6 is 11.8 Å². The summed E-state index contributed by atoms with van der Waals surface area (Å²) in [5.41, 5.74) is -0.788. The molecule has 1 aromatic heterocycles. The molecule has 2 atom stereocenters. The van der Waals surface area contributed by atoms with Crippen molar-refractivity contribution >= 4 is 11.8 Å². The standard InChI is InChI=1S/C10H13FN2O2S/c1-3-7-5-16-10(15-7)13-4-8(11)6(2)12-9(13)14/h4,7,10H,3,5H2,1-2H3/t7-,10-/m0/s1. The highest BCUT2D eigenvalue weighted by Gasteiger charge is 2.27. The topological polar surface area (TPSA) is 44.1 Å². The lowest BCUT2D eigenvalue weighted by molar-refractivity contribution is 0.0250. The first kappa shape index (κ1) is 11.6. The van der Waals surface area contributed by atoms with Crippen molar-refractivity contribution in [3.05, 3.63) is 28.2 Å². The Labute approximate surface area is 96.8 Å². The van der Waals surface area contributed by atoms with E-state index in [1.807, 2.05) is 6.92 Å². The van der Waals surface area contributed by atoms with Crippen LogP contribution in [0, 0.1) is 12.7 Å². The van der Waals surface area contributed by atoms with E-state index in [0.29, 0.717) is 0 Å². The van der Waals surface area contributed by atoms with E-state index in [1.165, 1.54) is 29.4 Å². The molecule has 1 saturated heterocycles. The maximum Gasteiger partial charge on any atom is 0.350 e. The molecule has 0 N–H and O–H groups in total. The molecule has 6 heteroatoms. The van der Waals surface area contributed by atoms with Crippen LogP contribution in [0.5, 0.6) is 0 Å². The summed E-state index contributed by atoms with van der Waals surface area (Å²) < 4.78 is 20.1. The average Bonchev–Trinajstić information content (AvgIpc) is 2.71. The Morgan fingerprint density at radius 2 is 2.50 bits per heavy atom. The summed E-state index contributed by atoms with van der Waals surface area (Å²) in [7, 11) is 0. The summed E-state index contributed by atoms with van der Waals surface area (Å²) in [6.07, 6.45) is 2.19. The molecule has 0 aromatic carbocycles. The third-order valence-electron chi connectivity index (χ3n) is 2.50. The minimum Gasteiger partial charge on any atom is -0.344 e. The zero-order valence-electron chi connectivity index (χ0n) is 9.14. The van der Waals surface area contributed by atoms with Gasteiger partial charge in [0.05, 0.1) is 11.8 Å². The fraction of sp³-hybridized carbons (Fsp3) is 0.600. The fourth-order valence-electron chi connectivity index (χ4n) is 1.47. The molecule has 1 aliphatic rings. The van der Waals surface area contributed by atoms with Crippen molar-refractivity contribution in [1.29, 1.82) is 0 Å². The Balaban J connectivity index is 2.28. The van der Waals surface area contributed by atoms with Gasteiger partial charge in [0, 0.05) is 11.9 Å². The van der Waals surface area contributed by atoms with E-state index in [2.05, 4.69) is 4.98 Å². The number of aromatic nitrogens is 2. The second kappa shape index (κ2) is 4.55. The van der Waals surface area contributed by atoms with Crippen molar-refractivity contribution in [3.63, 3.8) is 0 Å². The van der Waals surface area contributed by atoms with Gasteiger partial charge in [0.2, 0.25) is 0 Å². The van der Waals surface area contributed by atoms with Gasteiger partial charge in [0.15, 0.2) is 11.4 Å². The maximum atomic E-state index is 13.3. The van der Waals surface area contributed by atoms with E-state index in [1.54, 1.807) is 0 Å². The van der Waals surface area contributed by atoms with Crippen molar-refractivity contribution in [3.8, 4) is 0 Å². The van der Waals surface area contributed by atoms with Gasteiger partial charge in [-0.05, 0) is 13.3 Å². The Kier molecular flexibility index (Phi) is 3.30. The molecule has 0 saturated carbocycles. The molecule has 1 fully saturated rings. The Hall–Kier alpha value is -0.880. The zero-order chi connectivity index (χ0) is 11.7. The fourth-order valence-corrected chi connectivity index (χ4v) is 2.71. The SMILES string of the molecule is CC[C@H]1CS[C@@H](n2cc(F)c(C)nc2=O)O1. The highest BCUT2D eigenvalue weighted by Crippen LogP contribution is 2.34. The molecule has 1 aliphatic heterocycles. The number of thioether (sulfide) groups is 1. The van der Waals surface area contributed by atoms with Crippen molar-refractivity contribution in [2.75, 3.05) is 5.75 Å². The number of halogens is 1. The summed E-state index contributed by atoms with van der Waals surface area (Å²) >= 11 is 1.49. The molecule has 0 unspecified atom stereocenters. The van der Waals surface area contributed by atoms with Gasteiger partial charge in [-0.15, -0.1) is 11.8 Å². The summed E-state index contributed by atoms with van der Waals surface area (Å²) in [5, 5.41) is 0. The smallest absolute Gasteiger partial charge is 0.344 e. The lowest BCUT2D eigenvalue weighted by Crippen LogP contribution is -2.27. The highest BCUT2D eigenvalue weighted by molar-refractivity contribution is 7.99. The molecule has 0 amide bonds. The van der Waals surface area contributed by atoms with Crippen LogP contribution in [0.1, 0.15) is 24.6 Å². The van der Waals surface area contributed by atoms with Crippen molar-refractivity contribution in [2.24, 2.45) is 0 Å². The summed E-state index contributed by atoms with van der Waals surface area (Å²) in [4.78, 5) is 15.2. The number of hydrogen-bond donors (Lipinski definition) is 0. The third-order valence-corrected chi connectivity index (χ3v) is 3.69. The van der Waals surface area contributed by atoms with Crippen molar-refractivity contribution in [1.82, 2.24) is 9.55 Å². The number of nitrogens with zero attached hydrogens (tertiary/aromatic N) is 2. The molecular formula is C10H13FN2O2S. The summed E-state index contributed by atoms with van der Waals surface area (Å²) in [6.45, 7) is 3.49. The molecule has 1 aromatic rings. The Morgan fingerprint density at radius 3 is 3.12 bits per heavy atom. The van der Waals surface area contributed by atoms with Crippen LogP contribution < -0.4 is 5.69 Å². The molecule has 2 rings (SSSR count). The molecular weight excluding hydrogens is 231 g/mol. The first-order valence-corrected chi connectivity index (χ1v) is 6.19. The number of ether oxygens (including phenoxy) is 1. The minimum absolute atomic E-state index is 0.122. The number of aryl methyl sites for hydroxylation is 1. The van der Waals surface area contributed by atoms with Gasteiger partial charge in [-0.25, -0.2) is 9.18 Å². The van der Waals surface area contributed by atoms with Crippen LogP contribution in [-0.4, -0.2) is 21.4 Å². The lowest BCUT2D eigenvalue weighted by atomic mass is 10.3. The van der Waals surface area contributed by atoms with Crippen LogP contribution in [-0.2, 0) is 4.74 Å². The average molecular weight is 244 g/mol. The Bertz CT molecular complexity index is 449. The first-order valence-electron chi connectivity index (χ1n) is 5.14. The van der Waals surface area contributed by atoms with Gasteiger partial charge in [-0.3, -0.25) is 4.57 Å². The molecule has 0 radical (unpaired) electrons. The van der Waals surface area contributed by atoms with E-state index in [0.717, 1.165) is 12.2 Å². The van der Waals surface area contributed by atoms with E-state index in [4.69, 9.17) is 4.74 Å². The maximum absolute atomic E-state index is 13.3. The van der Waals surface area contributed by atoms with E-state index in [-0.39, 0.29) is 11.8 Å². The quantitative estimate of drug-likeness (QED) is 0.794. The van der Waals surface area contributed by atoms with Crippen molar-refractivity contribution in [2.45, 2.75) is 31.9 Å². The largest absolute Gasteiger partial charge is 0.350 e. The van der Waals surface area contributed by atoms with Crippen LogP contribution in [0.25, 0.3) is 0 Å². The second-order valence-corrected chi connectivity index (χ2v) is 4.74. The molecule has 0 spiro atoms.